The number of nitrogens with zero attached hydrogens (tertiary/aromatic N) is 6. The van der Waals surface area contributed by atoms with Crippen LogP contribution < -0.4 is 16.0 Å². The van der Waals surface area contributed by atoms with Crippen LogP contribution >= 0.6 is 0 Å². The normalized spacial score (nSPS) is 10.7. The third kappa shape index (κ3) is 3.98. The molecule has 0 radical (unpaired) electrons. The van der Waals surface area contributed by atoms with Crippen molar-refractivity contribution in [3.8, 4) is 17.3 Å². The SMILES string of the molecule is CN(C)c1c(-c2ccccn2)c(CCNc2ncnc(N)c2C#N)nc2ccc(F)cc12. The van der Waals surface area contributed by atoms with Gasteiger partial charge in [-0.15, -0.1) is 0 Å². The molecule has 160 valence electrons. The van der Waals surface area contributed by atoms with Crippen LogP contribution in [-0.2, 0) is 6.42 Å². The van der Waals surface area contributed by atoms with Gasteiger partial charge in [-0.05, 0) is 30.3 Å². The van der Waals surface area contributed by atoms with E-state index in [9.17, 15) is 9.65 Å². The van der Waals surface area contributed by atoms with Gasteiger partial charge in [0.1, 0.15) is 35.4 Å². The monoisotopic (exact) mass is 428 g/mol. The van der Waals surface area contributed by atoms with Crippen LogP contribution in [0.3, 0.4) is 0 Å². The lowest BCUT2D eigenvalue weighted by Crippen LogP contribution is -2.15. The summed E-state index contributed by atoms with van der Waals surface area (Å²) in [7, 11) is 3.83. The summed E-state index contributed by atoms with van der Waals surface area (Å²) in [6.45, 7) is 0.442. The van der Waals surface area contributed by atoms with E-state index >= 15 is 0 Å². The third-order valence-electron chi connectivity index (χ3n) is 5.01. The van der Waals surface area contributed by atoms with Crippen molar-refractivity contribution in [2.75, 3.05) is 36.6 Å². The van der Waals surface area contributed by atoms with Crippen molar-refractivity contribution < 1.29 is 4.39 Å². The lowest BCUT2D eigenvalue weighted by Gasteiger charge is -2.22. The van der Waals surface area contributed by atoms with Crippen molar-refractivity contribution in [1.82, 2.24) is 19.9 Å². The Morgan fingerprint density at radius 3 is 2.72 bits per heavy atom. The van der Waals surface area contributed by atoms with E-state index in [0.29, 0.717) is 29.7 Å². The number of nitrogens with one attached hydrogen (secondary N) is 1. The maximum absolute atomic E-state index is 14.1. The van der Waals surface area contributed by atoms with Crippen molar-refractivity contribution in [3.05, 3.63) is 66.0 Å². The molecule has 0 aliphatic rings. The molecule has 9 heteroatoms. The molecule has 3 aromatic heterocycles. The van der Waals surface area contributed by atoms with E-state index in [1.165, 1.54) is 18.5 Å². The van der Waals surface area contributed by atoms with E-state index in [1.807, 2.05) is 43.3 Å². The van der Waals surface area contributed by atoms with Gasteiger partial charge in [0.15, 0.2) is 0 Å². The first-order valence-electron chi connectivity index (χ1n) is 9.95. The molecule has 32 heavy (non-hydrogen) atoms. The Labute approximate surface area is 184 Å². The van der Waals surface area contributed by atoms with Gasteiger partial charge in [0.2, 0.25) is 0 Å². The topological polar surface area (TPSA) is 117 Å². The van der Waals surface area contributed by atoms with E-state index < -0.39 is 0 Å². The van der Waals surface area contributed by atoms with E-state index in [-0.39, 0.29) is 17.2 Å². The number of hydrogen-bond acceptors (Lipinski definition) is 8. The van der Waals surface area contributed by atoms with Crippen LogP contribution in [0, 0.1) is 17.1 Å². The Kier molecular flexibility index (Phi) is 5.77. The molecule has 0 spiro atoms. The van der Waals surface area contributed by atoms with Gasteiger partial charge in [0, 0.05) is 44.2 Å². The first-order valence-corrected chi connectivity index (χ1v) is 9.95. The zero-order valence-corrected chi connectivity index (χ0v) is 17.7. The number of fused-ring (bicyclic) bond motifs is 1. The zero-order chi connectivity index (χ0) is 22.7. The lowest BCUT2D eigenvalue weighted by molar-refractivity contribution is 0.629. The first-order chi connectivity index (χ1) is 15.5. The standard InChI is InChI=1S/C23H21FN8/c1-32(2)21-15-11-14(24)6-7-17(15)31-19(20(21)18-5-3-4-9-27-18)8-10-28-23-16(12-25)22(26)29-13-30-23/h3-7,9,11,13H,8,10H2,1-2H3,(H3,26,28,29,30). The van der Waals surface area contributed by atoms with Crippen LogP contribution in [0.4, 0.5) is 21.7 Å². The first kappa shape index (κ1) is 20.9. The van der Waals surface area contributed by atoms with Gasteiger partial charge in [0.05, 0.1) is 22.6 Å². The molecule has 0 aliphatic heterocycles. The summed E-state index contributed by atoms with van der Waals surface area (Å²) in [5.74, 6) is 0.171. The quantitative estimate of drug-likeness (QED) is 0.480. The van der Waals surface area contributed by atoms with Crippen LogP contribution in [-0.4, -0.2) is 40.6 Å². The van der Waals surface area contributed by atoms with Crippen molar-refractivity contribution >= 4 is 28.2 Å². The second-order valence-electron chi connectivity index (χ2n) is 7.32. The molecule has 3 heterocycles. The highest BCUT2D eigenvalue weighted by molar-refractivity contribution is 6.00. The minimum Gasteiger partial charge on any atom is -0.382 e. The van der Waals surface area contributed by atoms with Gasteiger partial charge >= 0.3 is 0 Å². The van der Waals surface area contributed by atoms with Crippen LogP contribution in [0.1, 0.15) is 11.3 Å². The summed E-state index contributed by atoms with van der Waals surface area (Å²) in [6.07, 6.45) is 3.54. The Morgan fingerprint density at radius 1 is 1.16 bits per heavy atom. The van der Waals surface area contributed by atoms with Crippen LogP contribution in [0.15, 0.2) is 48.9 Å². The molecule has 8 nitrogen and oxygen atoms in total. The summed E-state index contributed by atoms with van der Waals surface area (Å²) in [5, 5.41) is 13.2. The van der Waals surface area contributed by atoms with E-state index in [1.54, 1.807) is 12.3 Å². The van der Waals surface area contributed by atoms with Crippen LogP contribution in [0.5, 0.6) is 0 Å². The van der Waals surface area contributed by atoms with Crippen LogP contribution in [0.2, 0.25) is 0 Å². The number of anilines is 3. The van der Waals surface area contributed by atoms with Crippen LogP contribution in [0.25, 0.3) is 22.2 Å². The number of pyridine rings is 2. The van der Waals surface area contributed by atoms with Crippen molar-refractivity contribution in [2.45, 2.75) is 6.42 Å². The number of nitrogen functional groups attached to an aromatic ring is 1. The highest BCUT2D eigenvalue weighted by Crippen LogP contribution is 2.38. The van der Waals surface area contributed by atoms with E-state index in [2.05, 4.69) is 20.3 Å². The fourth-order valence-electron chi connectivity index (χ4n) is 3.64. The van der Waals surface area contributed by atoms with Crippen molar-refractivity contribution in [1.29, 1.82) is 5.26 Å². The van der Waals surface area contributed by atoms with E-state index in [4.69, 9.17) is 10.7 Å². The zero-order valence-electron chi connectivity index (χ0n) is 17.7. The number of nitriles is 1. The smallest absolute Gasteiger partial charge is 0.149 e. The number of nitrogens with two attached hydrogens (primary N) is 1. The predicted octanol–water partition coefficient (Wildman–Crippen LogP) is 3.40. The molecule has 0 saturated heterocycles. The number of halogens is 1. The minimum absolute atomic E-state index is 0.125. The molecule has 1 aromatic carbocycles. The van der Waals surface area contributed by atoms with Gasteiger partial charge in [0.25, 0.3) is 0 Å². The second-order valence-corrected chi connectivity index (χ2v) is 7.32. The van der Waals surface area contributed by atoms with Gasteiger partial charge in [-0.3, -0.25) is 9.97 Å². The van der Waals surface area contributed by atoms with Gasteiger partial charge in [-0.2, -0.15) is 5.26 Å². The Bertz CT molecular complexity index is 1320. The molecule has 0 unspecified atom stereocenters. The minimum atomic E-state index is -0.325. The molecule has 4 rings (SSSR count). The molecule has 0 saturated carbocycles. The Morgan fingerprint density at radius 2 is 2.00 bits per heavy atom. The van der Waals surface area contributed by atoms with E-state index in [0.717, 1.165) is 22.6 Å². The molecular formula is C23H21FN8. The summed E-state index contributed by atoms with van der Waals surface area (Å²) >= 11 is 0. The second kappa shape index (κ2) is 8.81. The van der Waals surface area contributed by atoms with Gasteiger partial charge < -0.3 is 16.0 Å². The molecule has 0 aliphatic carbocycles. The summed E-state index contributed by atoms with van der Waals surface area (Å²) in [4.78, 5) is 19.3. The maximum Gasteiger partial charge on any atom is 0.149 e. The highest BCUT2D eigenvalue weighted by atomic mass is 19.1. The number of rotatable bonds is 6. The van der Waals surface area contributed by atoms with Gasteiger partial charge in [-0.25, -0.2) is 14.4 Å². The maximum atomic E-state index is 14.1. The predicted molar refractivity (Wildman–Crippen MR) is 123 cm³/mol. The number of aromatic nitrogens is 4. The fourth-order valence-corrected chi connectivity index (χ4v) is 3.64. The van der Waals surface area contributed by atoms with Crippen molar-refractivity contribution in [3.63, 3.8) is 0 Å². The molecule has 0 atom stereocenters. The molecule has 4 aromatic rings. The number of benzene rings is 1. The molecular weight excluding hydrogens is 407 g/mol. The fraction of sp³-hybridized carbons (Fsp3) is 0.174. The summed E-state index contributed by atoms with van der Waals surface area (Å²) in [6, 6.07) is 12.3. The average molecular weight is 428 g/mol. The van der Waals surface area contributed by atoms with Crippen molar-refractivity contribution in [2.24, 2.45) is 0 Å². The molecule has 3 N–H and O–H groups in total. The molecule has 0 bridgehead atoms. The third-order valence-corrected chi connectivity index (χ3v) is 5.01. The largest absolute Gasteiger partial charge is 0.382 e. The highest BCUT2D eigenvalue weighted by Gasteiger charge is 2.20. The van der Waals surface area contributed by atoms with Gasteiger partial charge in [-0.1, -0.05) is 6.07 Å². The summed E-state index contributed by atoms with van der Waals surface area (Å²) in [5.41, 5.74) is 9.87. The molecule has 0 fully saturated rings. The average Bonchev–Trinajstić information content (AvgIpc) is 2.79. The summed E-state index contributed by atoms with van der Waals surface area (Å²) < 4.78 is 14.1. The molecule has 0 amide bonds. The Balaban J connectivity index is 1.79. The number of hydrogen-bond donors (Lipinski definition) is 2. The lowest BCUT2D eigenvalue weighted by atomic mass is 9.99. The Hall–Kier alpha value is -4.32.